The van der Waals surface area contributed by atoms with E-state index in [1.54, 1.807) is 6.08 Å². The maximum atomic E-state index is 9.96. The topological polar surface area (TPSA) is 43.1 Å². The van der Waals surface area contributed by atoms with Gasteiger partial charge in [-0.2, -0.15) is 0 Å². The molecule has 3 heteroatoms. The van der Waals surface area contributed by atoms with Crippen molar-refractivity contribution >= 4 is 0 Å². The highest BCUT2D eigenvalue weighted by Crippen LogP contribution is 1.99. The first-order valence-electron chi connectivity index (χ1n) is 4.10. The first-order chi connectivity index (χ1) is 6.29. The van der Waals surface area contributed by atoms with Crippen molar-refractivity contribution in [2.45, 2.75) is 6.42 Å². The lowest BCUT2D eigenvalue weighted by Gasteiger charge is -1.92. The number of nitro groups is 1. The van der Waals surface area contributed by atoms with E-state index in [9.17, 15) is 10.1 Å². The minimum Gasteiger partial charge on any atom is -0.264 e. The average molecular weight is 177 g/mol. The lowest BCUT2D eigenvalue weighted by atomic mass is 10.1. The van der Waals surface area contributed by atoms with Gasteiger partial charge in [0.2, 0.25) is 6.54 Å². The summed E-state index contributed by atoms with van der Waals surface area (Å²) in [5.74, 6) is 0. The SMILES string of the molecule is O=[N+]([O-])CC=CCc1ccccc1. The Morgan fingerprint density at radius 3 is 2.54 bits per heavy atom. The summed E-state index contributed by atoms with van der Waals surface area (Å²) in [4.78, 5) is 9.62. The van der Waals surface area contributed by atoms with Crippen LogP contribution in [-0.2, 0) is 6.42 Å². The number of hydrogen-bond acceptors (Lipinski definition) is 2. The molecule has 0 bridgehead atoms. The first kappa shape index (κ1) is 9.45. The Morgan fingerprint density at radius 1 is 1.23 bits per heavy atom. The molecule has 0 aliphatic heterocycles. The summed E-state index contributed by atoms with van der Waals surface area (Å²) in [6, 6.07) is 9.85. The van der Waals surface area contributed by atoms with E-state index in [0.29, 0.717) is 0 Å². The third kappa shape index (κ3) is 4.06. The minimum atomic E-state index is -0.346. The second-order valence-electron chi connectivity index (χ2n) is 2.68. The molecule has 0 aliphatic rings. The fourth-order valence-electron chi connectivity index (χ4n) is 0.994. The van der Waals surface area contributed by atoms with Crippen molar-refractivity contribution in [3.05, 3.63) is 58.2 Å². The molecule has 0 unspecified atom stereocenters. The van der Waals surface area contributed by atoms with Crippen molar-refractivity contribution in [2.75, 3.05) is 6.54 Å². The molecule has 3 nitrogen and oxygen atoms in total. The number of nitrogens with zero attached hydrogens (tertiary/aromatic N) is 1. The molecule has 0 atom stereocenters. The van der Waals surface area contributed by atoms with Crippen LogP contribution in [0.4, 0.5) is 0 Å². The summed E-state index contributed by atoms with van der Waals surface area (Å²) in [5.41, 5.74) is 1.17. The molecule has 0 radical (unpaired) electrons. The minimum absolute atomic E-state index is 0.0904. The van der Waals surface area contributed by atoms with Crippen molar-refractivity contribution in [1.82, 2.24) is 0 Å². The summed E-state index contributed by atoms with van der Waals surface area (Å²) >= 11 is 0. The molecule has 0 saturated carbocycles. The third-order valence-corrected chi connectivity index (χ3v) is 1.62. The average Bonchev–Trinajstić information content (AvgIpc) is 2.14. The zero-order valence-corrected chi connectivity index (χ0v) is 7.22. The standard InChI is InChI=1S/C10H11NO2/c12-11(13)9-5-4-8-10-6-2-1-3-7-10/h1-7H,8-9H2. The number of rotatable bonds is 4. The second-order valence-corrected chi connectivity index (χ2v) is 2.68. The summed E-state index contributed by atoms with van der Waals surface area (Å²) in [6.07, 6.45) is 4.15. The van der Waals surface area contributed by atoms with Gasteiger partial charge in [-0.1, -0.05) is 36.4 Å². The Morgan fingerprint density at radius 2 is 1.92 bits per heavy atom. The largest absolute Gasteiger partial charge is 0.264 e. The van der Waals surface area contributed by atoms with E-state index in [1.165, 1.54) is 5.56 Å². The van der Waals surface area contributed by atoms with E-state index >= 15 is 0 Å². The Labute approximate surface area is 76.9 Å². The lowest BCUT2D eigenvalue weighted by molar-refractivity contribution is -0.468. The van der Waals surface area contributed by atoms with Crippen molar-refractivity contribution in [3.8, 4) is 0 Å². The maximum Gasteiger partial charge on any atom is 0.222 e. The normalized spacial score (nSPS) is 10.5. The van der Waals surface area contributed by atoms with Crippen LogP contribution < -0.4 is 0 Å². The Bertz CT molecular complexity index is 293. The highest BCUT2D eigenvalue weighted by atomic mass is 16.6. The van der Waals surface area contributed by atoms with Gasteiger partial charge < -0.3 is 0 Å². The van der Waals surface area contributed by atoms with E-state index in [1.807, 2.05) is 36.4 Å². The zero-order valence-electron chi connectivity index (χ0n) is 7.22. The Hall–Kier alpha value is -1.64. The predicted octanol–water partition coefficient (Wildman–Crippen LogP) is 2.06. The molecule has 1 rings (SSSR count). The summed E-state index contributed by atoms with van der Waals surface area (Å²) in [5, 5.41) is 9.96. The van der Waals surface area contributed by atoms with Crippen molar-refractivity contribution in [2.24, 2.45) is 0 Å². The molecule has 0 saturated heterocycles. The molecule has 0 fully saturated rings. The van der Waals surface area contributed by atoms with Gasteiger partial charge in [0, 0.05) is 4.92 Å². The quantitative estimate of drug-likeness (QED) is 0.401. The smallest absolute Gasteiger partial charge is 0.222 e. The van der Waals surface area contributed by atoms with E-state index in [2.05, 4.69) is 0 Å². The number of allylic oxidation sites excluding steroid dienone is 1. The molecule has 1 aromatic rings. The van der Waals surface area contributed by atoms with Gasteiger partial charge in [-0.15, -0.1) is 0 Å². The maximum absolute atomic E-state index is 9.96. The molecular formula is C10H11NO2. The van der Waals surface area contributed by atoms with Crippen LogP contribution >= 0.6 is 0 Å². The molecule has 0 aromatic heterocycles. The van der Waals surface area contributed by atoms with Crippen molar-refractivity contribution < 1.29 is 4.92 Å². The third-order valence-electron chi connectivity index (χ3n) is 1.62. The highest BCUT2D eigenvalue weighted by molar-refractivity contribution is 5.17. The summed E-state index contributed by atoms with van der Waals surface area (Å²) < 4.78 is 0. The van der Waals surface area contributed by atoms with Gasteiger partial charge in [0.15, 0.2) is 0 Å². The number of benzene rings is 1. The molecule has 0 spiro atoms. The molecule has 0 heterocycles. The number of hydrogen-bond donors (Lipinski definition) is 0. The highest BCUT2D eigenvalue weighted by Gasteiger charge is 1.89. The van der Waals surface area contributed by atoms with Gasteiger partial charge in [-0.05, 0) is 18.1 Å². The summed E-state index contributed by atoms with van der Waals surface area (Å²) in [6.45, 7) is -0.0904. The van der Waals surface area contributed by atoms with Gasteiger partial charge >= 0.3 is 0 Å². The van der Waals surface area contributed by atoms with Crippen LogP contribution in [0.2, 0.25) is 0 Å². The Balaban J connectivity index is 2.35. The second kappa shape index (κ2) is 5.09. The molecule has 0 aliphatic carbocycles. The van der Waals surface area contributed by atoms with Gasteiger partial charge in [0.1, 0.15) is 0 Å². The molecule has 1 aromatic carbocycles. The summed E-state index contributed by atoms with van der Waals surface area (Å²) in [7, 11) is 0. The molecule has 0 N–H and O–H groups in total. The first-order valence-corrected chi connectivity index (χ1v) is 4.10. The van der Waals surface area contributed by atoms with Crippen LogP contribution in [0.25, 0.3) is 0 Å². The van der Waals surface area contributed by atoms with Crippen LogP contribution in [0, 0.1) is 10.1 Å². The molecule has 13 heavy (non-hydrogen) atoms. The molecular weight excluding hydrogens is 166 g/mol. The van der Waals surface area contributed by atoms with E-state index in [-0.39, 0.29) is 11.5 Å². The van der Waals surface area contributed by atoms with Gasteiger partial charge in [0.05, 0.1) is 0 Å². The van der Waals surface area contributed by atoms with Crippen LogP contribution in [0.15, 0.2) is 42.5 Å². The van der Waals surface area contributed by atoms with Crippen LogP contribution in [0.3, 0.4) is 0 Å². The predicted molar refractivity (Wildman–Crippen MR) is 51.1 cm³/mol. The van der Waals surface area contributed by atoms with E-state index < -0.39 is 0 Å². The van der Waals surface area contributed by atoms with Crippen LogP contribution in [0.1, 0.15) is 5.56 Å². The van der Waals surface area contributed by atoms with Gasteiger partial charge in [-0.25, -0.2) is 0 Å². The monoisotopic (exact) mass is 177 g/mol. The Kier molecular flexibility index (Phi) is 3.70. The molecule has 0 amide bonds. The van der Waals surface area contributed by atoms with Crippen LogP contribution in [0.5, 0.6) is 0 Å². The lowest BCUT2D eigenvalue weighted by Crippen LogP contribution is -1.95. The zero-order chi connectivity index (χ0) is 9.52. The van der Waals surface area contributed by atoms with Gasteiger partial charge in [0.25, 0.3) is 0 Å². The van der Waals surface area contributed by atoms with Gasteiger partial charge in [-0.3, -0.25) is 10.1 Å². The van der Waals surface area contributed by atoms with E-state index in [4.69, 9.17) is 0 Å². The van der Waals surface area contributed by atoms with E-state index in [0.717, 1.165) is 6.42 Å². The van der Waals surface area contributed by atoms with Crippen molar-refractivity contribution in [3.63, 3.8) is 0 Å². The fraction of sp³-hybridized carbons (Fsp3) is 0.200. The molecule has 68 valence electrons. The van der Waals surface area contributed by atoms with Crippen molar-refractivity contribution in [1.29, 1.82) is 0 Å². The fourth-order valence-corrected chi connectivity index (χ4v) is 0.994. The van der Waals surface area contributed by atoms with Crippen LogP contribution in [-0.4, -0.2) is 11.5 Å².